The Labute approximate surface area is 88.5 Å². The van der Waals surface area contributed by atoms with Gasteiger partial charge >= 0.3 is 5.97 Å². The smallest absolute Gasteiger partial charge is 0.312 e. The third kappa shape index (κ3) is 4.29. The zero-order valence-electron chi connectivity index (χ0n) is 8.61. The van der Waals surface area contributed by atoms with Crippen LogP contribution in [-0.4, -0.2) is 34.2 Å². The zero-order chi connectivity index (χ0) is 11.3. The van der Waals surface area contributed by atoms with E-state index in [4.69, 9.17) is 5.11 Å². The summed E-state index contributed by atoms with van der Waals surface area (Å²) >= 11 is 0. The molecule has 15 heavy (non-hydrogen) atoms. The van der Waals surface area contributed by atoms with Crippen LogP contribution in [0.1, 0.15) is 38.5 Å². The molecule has 0 bridgehead atoms. The van der Waals surface area contributed by atoms with Crippen LogP contribution in [0.15, 0.2) is 0 Å². The molecule has 86 valence electrons. The van der Waals surface area contributed by atoms with E-state index in [0.29, 0.717) is 6.42 Å². The molecular weight excluding hydrogens is 198 g/mol. The Morgan fingerprint density at radius 3 is 2.53 bits per heavy atom. The van der Waals surface area contributed by atoms with Gasteiger partial charge < -0.3 is 15.5 Å². The van der Waals surface area contributed by atoms with Gasteiger partial charge in [0.15, 0.2) is 0 Å². The number of rotatable bonds is 3. The highest BCUT2D eigenvalue weighted by Crippen LogP contribution is 2.17. The average Bonchev–Trinajstić information content (AvgIpc) is 2.30. The van der Waals surface area contributed by atoms with E-state index in [9.17, 15) is 14.7 Å². The minimum Gasteiger partial charge on any atom is -0.481 e. The predicted octanol–water partition coefficient (Wildman–Crippen LogP) is 0.271. The van der Waals surface area contributed by atoms with Crippen molar-refractivity contribution in [3.05, 3.63) is 0 Å². The van der Waals surface area contributed by atoms with Crippen LogP contribution in [0.3, 0.4) is 0 Å². The van der Waals surface area contributed by atoms with Crippen molar-refractivity contribution in [2.24, 2.45) is 0 Å². The van der Waals surface area contributed by atoms with Crippen molar-refractivity contribution in [2.45, 2.75) is 50.7 Å². The summed E-state index contributed by atoms with van der Waals surface area (Å²) < 4.78 is 0. The Hall–Kier alpha value is -1.10. The van der Waals surface area contributed by atoms with Crippen molar-refractivity contribution in [3.8, 4) is 0 Å². The highest BCUT2D eigenvalue weighted by Gasteiger charge is 2.23. The largest absolute Gasteiger partial charge is 0.481 e. The van der Waals surface area contributed by atoms with Gasteiger partial charge in [-0.25, -0.2) is 0 Å². The molecule has 0 aromatic heterocycles. The van der Waals surface area contributed by atoms with E-state index < -0.39 is 24.4 Å². The number of hydrogen-bond acceptors (Lipinski definition) is 3. The van der Waals surface area contributed by atoms with Gasteiger partial charge in [0, 0.05) is 0 Å². The van der Waals surface area contributed by atoms with Gasteiger partial charge in [-0.05, 0) is 12.8 Å². The molecule has 0 aliphatic heterocycles. The highest BCUT2D eigenvalue weighted by molar-refractivity contribution is 5.93. The Balaban J connectivity index is 2.40. The minimum absolute atomic E-state index is 0.278. The Morgan fingerprint density at radius 1 is 1.20 bits per heavy atom. The van der Waals surface area contributed by atoms with Gasteiger partial charge in [-0.2, -0.15) is 0 Å². The molecule has 5 nitrogen and oxygen atoms in total. The molecule has 1 saturated carbocycles. The standard InChI is InChI=1S/C10H17NO4/c12-8-5-3-1-2-4-7(8)11-9(13)6-10(14)15/h7-8,12H,1-6H2,(H,11,13)(H,14,15). The molecule has 2 atom stereocenters. The molecule has 1 rings (SSSR count). The van der Waals surface area contributed by atoms with E-state index in [2.05, 4.69) is 5.32 Å². The summed E-state index contributed by atoms with van der Waals surface area (Å²) in [5.41, 5.74) is 0. The maximum atomic E-state index is 11.2. The lowest BCUT2D eigenvalue weighted by Gasteiger charge is -2.21. The van der Waals surface area contributed by atoms with Crippen molar-refractivity contribution in [1.82, 2.24) is 5.32 Å². The van der Waals surface area contributed by atoms with E-state index in [-0.39, 0.29) is 6.04 Å². The number of aliphatic hydroxyl groups excluding tert-OH is 1. The number of nitrogens with one attached hydrogen (secondary N) is 1. The summed E-state index contributed by atoms with van der Waals surface area (Å²) in [5.74, 6) is -1.66. The number of carbonyl (C=O) groups excluding carboxylic acids is 1. The number of aliphatic carboxylic acids is 1. The lowest BCUT2D eigenvalue weighted by molar-refractivity contribution is -0.141. The molecular formula is C10H17NO4. The molecule has 3 N–H and O–H groups in total. The summed E-state index contributed by atoms with van der Waals surface area (Å²) in [6, 6.07) is -0.278. The summed E-state index contributed by atoms with van der Waals surface area (Å²) in [6.07, 6.45) is 3.34. The molecule has 0 spiro atoms. The summed E-state index contributed by atoms with van der Waals surface area (Å²) in [4.78, 5) is 21.5. The maximum Gasteiger partial charge on any atom is 0.312 e. The van der Waals surface area contributed by atoms with Crippen molar-refractivity contribution in [1.29, 1.82) is 0 Å². The van der Waals surface area contributed by atoms with Crippen LogP contribution in [0, 0.1) is 0 Å². The van der Waals surface area contributed by atoms with Gasteiger partial charge in [-0.15, -0.1) is 0 Å². The van der Waals surface area contributed by atoms with E-state index >= 15 is 0 Å². The lowest BCUT2D eigenvalue weighted by Crippen LogP contribution is -2.43. The number of carboxylic acids is 1. The first-order valence-corrected chi connectivity index (χ1v) is 5.29. The van der Waals surface area contributed by atoms with Crippen LogP contribution in [0.25, 0.3) is 0 Å². The van der Waals surface area contributed by atoms with Gasteiger partial charge in [-0.1, -0.05) is 19.3 Å². The Kier molecular flexibility index (Phi) is 4.55. The predicted molar refractivity (Wildman–Crippen MR) is 53.3 cm³/mol. The third-order valence-electron chi connectivity index (χ3n) is 2.64. The summed E-state index contributed by atoms with van der Waals surface area (Å²) in [7, 11) is 0. The molecule has 1 aliphatic carbocycles. The number of amides is 1. The minimum atomic E-state index is -1.14. The first-order valence-electron chi connectivity index (χ1n) is 5.29. The fourth-order valence-corrected chi connectivity index (χ4v) is 1.85. The topological polar surface area (TPSA) is 86.6 Å². The summed E-state index contributed by atoms with van der Waals surface area (Å²) in [6.45, 7) is 0. The zero-order valence-corrected chi connectivity index (χ0v) is 8.61. The van der Waals surface area contributed by atoms with Crippen molar-refractivity contribution in [2.75, 3.05) is 0 Å². The Bertz CT molecular complexity index is 242. The van der Waals surface area contributed by atoms with E-state index in [1.165, 1.54) is 0 Å². The van der Waals surface area contributed by atoms with Gasteiger partial charge in [-0.3, -0.25) is 9.59 Å². The molecule has 0 aromatic rings. The van der Waals surface area contributed by atoms with Gasteiger partial charge in [0.05, 0.1) is 12.1 Å². The van der Waals surface area contributed by atoms with Crippen LogP contribution in [0.2, 0.25) is 0 Å². The van der Waals surface area contributed by atoms with E-state index in [0.717, 1.165) is 25.7 Å². The maximum absolute atomic E-state index is 11.2. The Morgan fingerprint density at radius 2 is 1.87 bits per heavy atom. The fraction of sp³-hybridized carbons (Fsp3) is 0.800. The van der Waals surface area contributed by atoms with Crippen LogP contribution in [-0.2, 0) is 9.59 Å². The first-order chi connectivity index (χ1) is 7.09. The second kappa shape index (κ2) is 5.70. The monoisotopic (exact) mass is 215 g/mol. The molecule has 1 fully saturated rings. The van der Waals surface area contributed by atoms with Crippen molar-refractivity contribution >= 4 is 11.9 Å². The van der Waals surface area contributed by atoms with Gasteiger partial charge in [0.2, 0.25) is 5.91 Å². The molecule has 0 heterocycles. The lowest BCUT2D eigenvalue weighted by atomic mass is 10.1. The first kappa shape index (κ1) is 12.0. The normalized spacial score (nSPS) is 26.7. The molecule has 0 aromatic carbocycles. The molecule has 0 saturated heterocycles. The highest BCUT2D eigenvalue weighted by atomic mass is 16.4. The average molecular weight is 215 g/mol. The molecule has 1 aliphatic rings. The molecule has 1 amide bonds. The second-order valence-electron chi connectivity index (χ2n) is 3.95. The third-order valence-corrected chi connectivity index (χ3v) is 2.64. The number of aliphatic hydroxyl groups is 1. The number of carboxylic acid groups (broad SMARTS) is 1. The van der Waals surface area contributed by atoms with E-state index in [1.807, 2.05) is 0 Å². The molecule has 0 radical (unpaired) electrons. The van der Waals surface area contributed by atoms with Crippen molar-refractivity contribution < 1.29 is 19.8 Å². The quantitative estimate of drug-likeness (QED) is 0.466. The van der Waals surface area contributed by atoms with Crippen LogP contribution in [0.5, 0.6) is 0 Å². The van der Waals surface area contributed by atoms with Crippen LogP contribution >= 0.6 is 0 Å². The van der Waals surface area contributed by atoms with Gasteiger partial charge in [0.1, 0.15) is 6.42 Å². The molecule has 5 heteroatoms. The SMILES string of the molecule is O=C(O)CC(=O)NC1CCCCCC1O. The number of hydrogen-bond donors (Lipinski definition) is 3. The van der Waals surface area contributed by atoms with Crippen LogP contribution < -0.4 is 5.32 Å². The van der Waals surface area contributed by atoms with Crippen molar-refractivity contribution in [3.63, 3.8) is 0 Å². The fourth-order valence-electron chi connectivity index (χ4n) is 1.85. The summed E-state index contributed by atoms with van der Waals surface area (Å²) in [5, 5.41) is 20.7. The number of carbonyl (C=O) groups is 2. The van der Waals surface area contributed by atoms with Crippen LogP contribution in [0.4, 0.5) is 0 Å². The molecule has 2 unspecified atom stereocenters. The van der Waals surface area contributed by atoms with E-state index in [1.54, 1.807) is 0 Å². The second-order valence-corrected chi connectivity index (χ2v) is 3.95. The van der Waals surface area contributed by atoms with Gasteiger partial charge in [0.25, 0.3) is 0 Å².